The zero-order chi connectivity index (χ0) is 20.6. The third-order valence-electron chi connectivity index (χ3n) is 5.24. The van der Waals surface area contributed by atoms with Gasteiger partial charge in [-0.3, -0.25) is 9.59 Å². The molecular weight excluding hydrogens is 364 g/mol. The minimum Gasteiger partial charge on any atom is -0.484 e. The summed E-state index contributed by atoms with van der Waals surface area (Å²) < 4.78 is 5.60. The minimum atomic E-state index is -0.283. The number of nitrogens with one attached hydrogen (secondary N) is 1. The molecule has 154 valence electrons. The molecule has 2 amide bonds. The Hall–Kier alpha value is -2.82. The number of carbonyl (C=O) groups is 2. The molecule has 29 heavy (non-hydrogen) atoms. The number of hydrogen-bond acceptors (Lipinski definition) is 3. The van der Waals surface area contributed by atoms with Gasteiger partial charge < -0.3 is 15.0 Å². The standard InChI is InChI=1S/C24H30N2O3/c1-18(2)19-11-13-20(14-12-19)29-17-23(27)25-22-10-6-5-9-21(22)24(28)26-15-7-3-4-8-16-26/h5-6,9-14,18H,3-4,7-8,15-17H2,1-2H3,(H,25,27). The van der Waals surface area contributed by atoms with E-state index in [-0.39, 0.29) is 18.4 Å². The monoisotopic (exact) mass is 394 g/mol. The maximum absolute atomic E-state index is 13.0. The number of hydrogen-bond donors (Lipinski definition) is 1. The zero-order valence-electron chi connectivity index (χ0n) is 17.3. The van der Waals surface area contributed by atoms with Crippen molar-refractivity contribution < 1.29 is 14.3 Å². The maximum atomic E-state index is 13.0. The Morgan fingerprint density at radius 2 is 1.62 bits per heavy atom. The Bertz CT molecular complexity index is 822. The summed E-state index contributed by atoms with van der Waals surface area (Å²) in [6.07, 6.45) is 4.39. The van der Waals surface area contributed by atoms with Crippen molar-refractivity contribution in [2.75, 3.05) is 25.0 Å². The second-order valence-corrected chi connectivity index (χ2v) is 7.81. The summed E-state index contributed by atoms with van der Waals surface area (Å²) in [6.45, 7) is 5.71. The molecule has 0 aromatic heterocycles. The lowest BCUT2D eigenvalue weighted by atomic mass is 10.0. The second-order valence-electron chi connectivity index (χ2n) is 7.81. The number of rotatable bonds is 6. The van der Waals surface area contributed by atoms with E-state index >= 15 is 0 Å². The van der Waals surface area contributed by atoms with Gasteiger partial charge in [-0.1, -0.05) is 51.0 Å². The van der Waals surface area contributed by atoms with E-state index in [4.69, 9.17) is 4.74 Å². The Labute approximate surface area is 173 Å². The van der Waals surface area contributed by atoms with Gasteiger partial charge in [0.25, 0.3) is 11.8 Å². The van der Waals surface area contributed by atoms with Gasteiger partial charge in [-0.25, -0.2) is 0 Å². The van der Waals surface area contributed by atoms with Crippen LogP contribution in [0.15, 0.2) is 48.5 Å². The molecule has 5 nitrogen and oxygen atoms in total. The molecule has 1 aliphatic rings. The molecule has 5 heteroatoms. The molecule has 0 spiro atoms. The number of nitrogens with zero attached hydrogens (tertiary/aromatic N) is 1. The van der Waals surface area contributed by atoms with Gasteiger partial charge in [-0.2, -0.15) is 0 Å². The zero-order valence-corrected chi connectivity index (χ0v) is 17.3. The van der Waals surface area contributed by atoms with Crippen LogP contribution in [0.4, 0.5) is 5.69 Å². The Balaban J connectivity index is 1.61. The number of amides is 2. The molecule has 2 aromatic carbocycles. The molecular formula is C24H30N2O3. The number of anilines is 1. The quantitative estimate of drug-likeness (QED) is 0.762. The molecule has 0 aliphatic carbocycles. The molecule has 1 saturated heterocycles. The van der Waals surface area contributed by atoms with Gasteiger partial charge in [-0.05, 0) is 48.6 Å². The highest BCUT2D eigenvalue weighted by Gasteiger charge is 2.20. The molecule has 3 rings (SSSR count). The first-order chi connectivity index (χ1) is 14.0. The van der Waals surface area contributed by atoms with Crippen molar-refractivity contribution in [3.63, 3.8) is 0 Å². The lowest BCUT2D eigenvalue weighted by Gasteiger charge is -2.22. The van der Waals surface area contributed by atoms with Crippen molar-refractivity contribution in [2.45, 2.75) is 45.4 Å². The largest absolute Gasteiger partial charge is 0.484 e. The van der Waals surface area contributed by atoms with E-state index in [1.807, 2.05) is 41.3 Å². The highest BCUT2D eigenvalue weighted by molar-refractivity contribution is 6.04. The van der Waals surface area contributed by atoms with Crippen LogP contribution in [0.2, 0.25) is 0 Å². The number of carbonyl (C=O) groups excluding carboxylic acids is 2. The third-order valence-corrected chi connectivity index (χ3v) is 5.24. The first kappa shape index (κ1) is 20.9. The Kier molecular flexibility index (Phi) is 7.28. The van der Waals surface area contributed by atoms with Crippen LogP contribution >= 0.6 is 0 Å². The molecule has 1 fully saturated rings. The fourth-order valence-electron chi connectivity index (χ4n) is 3.51. The van der Waals surface area contributed by atoms with E-state index < -0.39 is 0 Å². The van der Waals surface area contributed by atoms with Crippen molar-refractivity contribution in [2.24, 2.45) is 0 Å². The summed E-state index contributed by atoms with van der Waals surface area (Å²) in [5, 5.41) is 2.83. The fourth-order valence-corrected chi connectivity index (χ4v) is 3.51. The molecule has 0 atom stereocenters. The molecule has 0 saturated carbocycles. The van der Waals surface area contributed by atoms with Crippen LogP contribution in [-0.2, 0) is 4.79 Å². The van der Waals surface area contributed by atoms with Crippen LogP contribution in [0.5, 0.6) is 5.75 Å². The average molecular weight is 395 g/mol. The first-order valence-corrected chi connectivity index (χ1v) is 10.5. The fraction of sp³-hybridized carbons (Fsp3) is 0.417. The van der Waals surface area contributed by atoms with E-state index in [0.29, 0.717) is 22.9 Å². The summed E-state index contributed by atoms with van der Waals surface area (Å²) in [7, 11) is 0. The van der Waals surface area contributed by atoms with Crippen molar-refractivity contribution in [3.8, 4) is 5.75 Å². The average Bonchev–Trinajstić information content (AvgIpc) is 3.02. The van der Waals surface area contributed by atoms with Crippen LogP contribution in [0.3, 0.4) is 0 Å². The smallest absolute Gasteiger partial charge is 0.262 e. The van der Waals surface area contributed by atoms with Crippen molar-refractivity contribution in [1.29, 1.82) is 0 Å². The lowest BCUT2D eigenvalue weighted by molar-refractivity contribution is -0.118. The number of benzene rings is 2. The van der Waals surface area contributed by atoms with Gasteiger partial charge in [0.05, 0.1) is 11.3 Å². The van der Waals surface area contributed by atoms with Crippen molar-refractivity contribution >= 4 is 17.5 Å². The van der Waals surface area contributed by atoms with Gasteiger partial charge in [0, 0.05) is 13.1 Å². The molecule has 1 heterocycles. The van der Waals surface area contributed by atoms with Crippen LogP contribution in [-0.4, -0.2) is 36.4 Å². The molecule has 1 N–H and O–H groups in total. The highest BCUT2D eigenvalue weighted by Crippen LogP contribution is 2.21. The number of para-hydroxylation sites is 1. The minimum absolute atomic E-state index is 0.0204. The van der Waals surface area contributed by atoms with E-state index in [0.717, 1.165) is 38.8 Å². The number of ether oxygens (including phenoxy) is 1. The van der Waals surface area contributed by atoms with E-state index in [2.05, 4.69) is 19.2 Å². The number of likely N-dealkylation sites (tertiary alicyclic amines) is 1. The SMILES string of the molecule is CC(C)c1ccc(OCC(=O)Nc2ccccc2C(=O)N2CCCCCC2)cc1. The molecule has 0 unspecified atom stereocenters. The summed E-state index contributed by atoms with van der Waals surface area (Å²) in [5.41, 5.74) is 2.29. The van der Waals surface area contributed by atoms with Crippen molar-refractivity contribution in [3.05, 3.63) is 59.7 Å². The van der Waals surface area contributed by atoms with Crippen LogP contribution < -0.4 is 10.1 Å². The molecule has 0 radical (unpaired) electrons. The summed E-state index contributed by atoms with van der Waals surface area (Å²) in [6, 6.07) is 14.9. The summed E-state index contributed by atoms with van der Waals surface area (Å²) >= 11 is 0. The highest BCUT2D eigenvalue weighted by atomic mass is 16.5. The topological polar surface area (TPSA) is 58.6 Å². The third kappa shape index (κ3) is 5.83. The summed E-state index contributed by atoms with van der Waals surface area (Å²) in [5.74, 6) is 0.797. The predicted molar refractivity (Wildman–Crippen MR) is 115 cm³/mol. The summed E-state index contributed by atoms with van der Waals surface area (Å²) in [4.78, 5) is 27.3. The van der Waals surface area contributed by atoms with E-state index in [1.165, 1.54) is 5.56 Å². The van der Waals surface area contributed by atoms with E-state index in [9.17, 15) is 9.59 Å². The maximum Gasteiger partial charge on any atom is 0.262 e. The Morgan fingerprint density at radius 3 is 2.28 bits per heavy atom. The van der Waals surface area contributed by atoms with Crippen molar-refractivity contribution in [1.82, 2.24) is 4.90 Å². The van der Waals surface area contributed by atoms with Crippen LogP contribution in [0, 0.1) is 0 Å². The van der Waals surface area contributed by atoms with Crippen LogP contribution in [0.1, 0.15) is 61.4 Å². The molecule has 2 aromatic rings. The second kappa shape index (κ2) is 10.1. The normalized spacial score (nSPS) is 14.4. The molecule has 0 bridgehead atoms. The first-order valence-electron chi connectivity index (χ1n) is 10.5. The van der Waals surface area contributed by atoms with E-state index in [1.54, 1.807) is 12.1 Å². The Morgan fingerprint density at radius 1 is 0.966 bits per heavy atom. The van der Waals surface area contributed by atoms with Gasteiger partial charge in [0.2, 0.25) is 0 Å². The lowest BCUT2D eigenvalue weighted by Crippen LogP contribution is -2.33. The van der Waals surface area contributed by atoms with Gasteiger partial charge in [0.1, 0.15) is 5.75 Å². The van der Waals surface area contributed by atoms with Crippen LogP contribution in [0.25, 0.3) is 0 Å². The van der Waals surface area contributed by atoms with Gasteiger partial charge in [-0.15, -0.1) is 0 Å². The van der Waals surface area contributed by atoms with Gasteiger partial charge >= 0.3 is 0 Å². The molecule has 1 aliphatic heterocycles. The predicted octanol–water partition coefficient (Wildman–Crippen LogP) is 4.84. The van der Waals surface area contributed by atoms with Gasteiger partial charge in [0.15, 0.2) is 6.61 Å².